The number of ether oxygens (including phenoxy) is 4. The maximum atomic E-state index is 12.7. The van der Waals surface area contributed by atoms with Gasteiger partial charge in [0.2, 0.25) is 6.79 Å². The van der Waals surface area contributed by atoms with Crippen LogP contribution in [0.1, 0.15) is 28.4 Å². The molecule has 2 aromatic carbocycles. The van der Waals surface area contributed by atoms with Gasteiger partial charge in [-0.25, -0.2) is 4.79 Å². The van der Waals surface area contributed by atoms with Gasteiger partial charge in [-0.15, -0.1) is 0 Å². The van der Waals surface area contributed by atoms with Crippen molar-refractivity contribution in [1.82, 2.24) is 0 Å². The van der Waals surface area contributed by atoms with E-state index in [1.807, 2.05) is 6.07 Å². The second kappa shape index (κ2) is 8.37. The molecule has 1 heterocycles. The fourth-order valence-electron chi connectivity index (χ4n) is 2.64. The van der Waals surface area contributed by atoms with Gasteiger partial charge in [-0.2, -0.15) is 4.79 Å². The van der Waals surface area contributed by atoms with E-state index in [1.165, 1.54) is 0 Å². The Kier molecular flexibility index (Phi) is 5.72. The number of esters is 1. The van der Waals surface area contributed by atoms with Crippen molar-refractivity contribution >= 4 is 17.5 Å². The van der Waals surface area contributed by atoms with E-state index in [9.17, 15) is 9.59 Å². The molecule has 0 fully saturated rings. The van der Waals surface area contributed by atoms with Crippen molar-refractivity contribution in [1.29, 1.82) is 0 Å². The summed E-state index contributed by atoms with van der Waals surface area (Å²) in [4.78, 5) is 27.4. The van der Waals surface area contributed by atoms with Gasteiger partial charge in [0.1, 0.15) is 12.4 Å². The van der Waals surface area contributed by atoms with E-state index in [1.54, 1.807) is 44.2 Å². The Labute approximate surface area is 161 Å². The largest absolute Gasteiger partial charge is 0.488 e. The van der Waals surface area contributed by atoms with Crippen LogP contribution in [0.4, 0.5) is 0 Å². The fourth-order valence-corrected chi connectivity index (χ4v) is 2.64. The van der Waals surface area contributed by atoms with E-state index in [0.717, 1.165) is 11.1 Å². The van der Waals surface area contributed by atoms with Crippen molar-refractivity contribution < 1.29 is 33.3 Å². The minimum Gasteiger partial charge on any atom is -0.488 e. The lowest BCUT2D eigenvalue weighted by Crippen LogP contribution is -2.28. The second-order valence-electron chi connectivity index (χ2n) is 5.97. The van der Waals surface area contributed by atoms with Crippen molar-refractivity contribution in [2.75, 3.05) is 13.4 Å². The molecule has 8 heteroatoms. The lowest BCUT2D eigenvalue weighted by molar-refractivity contribution is -0.139. The lowest BCUT2D eigenvalue weighted by atomic mass is 10.0. The molecular weight excluding hydrogens is 364 g/mol. The number of nitrogens with zero attached hydrogens (tertiary/aromatic N) is 2. The topological polar surface area (TPSA) is 107 Å². The van der Waals surface area contributed by atoms with Crippen molar-refractivity contribution in [3.8, 4) is 17.2 Å². The zero-order chi connectivity index (χ0) is 20.1. The lowest BCUT2D eigenvalue weighted by Gasteiger charge is -2.11. The van der Waals surface area contributed by atoms with Crippen molar-refractivity contribution in [3.05, 3.63) is 58.6 Å². The van der Waals surface area contributed by atoms with Crippen LogP contribution in [-0.4, -0.2) is 35.7 Å². The van der Waals surface area contributed by atoms with Gasteiger partial charge in [0.15, 0.2) is 11.5 Å². The number of hydrogen-bond acceptors (Lipinski definition) is 6. The SMILES string of the molecule is CCOC(=O)C(=[N+]=[N-])C(=O)c1cc(C)ccc1OCc1ccc2c(c1)OCO2. The summed E-state index contributed by atoms with van der Waals surface area (Å²) in [7, 11) is 0. The highest BCUT2D eigenvalue weighted by Gasteiger charge is 2.34. The maximum absolute atomic E-state index is 12.7. The highest BCUT2D eigenvalue weighted by molar-refractivity contribution is 6.65. The van der Waals surface area contributed by atoms with Gasteiger partial charge in [-0.1, -0.05) is 17.7 Å². The first kappa shape index (κ1) is 19.1. The van der Waals surface area contributed by atoms with Gasteiger partial charge in [-0.3, -0.25) is 4.79 Å². The number of carbonyl (C=O) groups excluding carboxylic acids is 2. The Hall–Kier alpha value is -3.64. The average molecular weight is 382 g/mol. The van der Waals surface area contributed by atoms with Crippen LogP contribution in [0.15, 0.2) is 36.4 Å². The summed E-state index contributed by atoms with van der Waals surface area (Å²) in [5, 5.41) is 0. The molecule has 144 valence electrons. The number of Topliss-reactive ketones (excluding diaryl/α,β-unsaturated/α-hetero) is 1. The van der Waals surface area contributed by atoms with Gasteiger partial charge in [0, 0.05) is 0 Å². The zero-order valence-corrected chi connectivity index (χ0v) is 15.4. The number of rotatable bonds is 7. The van der Waals surface area contributed by atoms with E-state index in [2.05, 4.69) is 4.79 Å². The summed E-state index contributed by atoms with van der Waals surface area (Å²) in [5.41, 5.74) is 10.1. The van der Waals surface area contributed by atoms with E-state index >= 15 is 0 Å². The van der Waals surface area contributed by atoms with Crippen LogP contribution in [0.5, 0.6) is 17.2 Å². The van der Waals surface area contributed by atoms with Crippen molar-refractivity contribution in [2.24, 2.45) is 0 Å². The van der Waals surface area contributed by atoms with Crippen LogP contribution >= 0.6 is 0 Å². The van der Waals surface area contributed by atoms with Crippen LogP contribution in [0.2, 0.25) is 0 Å². The fraction of sp³-hybridized carbons (Fsp3) is 0.250. The Bertz CT molecular complexity index is 979. The number of hydrogen-bond donors (Lipinski definition) is 0. The molecule has 0 radical (unpaired) electrons. The van der Waals surface area contributed by atoms with Crippen LogP contribution < -0.4 is 14.2 Å². The number of ketones is 1. The normalized spacial score (nSPS) is 11.5. The van der Waals surface area contributed by atoms with Crippen molar-refractivity contribution in [3.63, 3.8) is 0 Å². The third kappa shape index (κ3) is 4.02. The first-order valence-corrected chi connectivity index (χ1v) is 8.59. The Morgan fingerprint density at radius 3 is 2.68 bits per heavy atom. The Balaban J connectivity index is 1.83. The molecule has 0 unspecified atom stereocenters. The van der Waals surface area contributed by atoms with Crippen LogP contribution in [0, 0.1) is 6.92 Å². The zero-order valence-electron chi connectivity index (χ0n) is 15.4. The molecule has 0 N–H and O–H groups in total. The predicted octanol–water partition coefficient (Wildman–Crippen LogP) is 2.72. The molecule has 2 aromatic rings. The average Bonchev–Trinajstić information content (AvgIpc) is 3.15. The molecule has 1 aliphatic heterocycles. The minimum atomic E-state index is -1.00. The number of aryl methyl sites for hydroxylation is 1. The van der Waals surface area contributed by atoms with Gasteiger partial charge < -0.3 is 24.5 Å². The van der Waals surface area contributed by atoms with Gasteiger partial charge >= 0.3 is 11.7 Å². The van der Waals surface area contributed by atoms with E-state index in [0.29, 0.717) is 11.5 Å². The molecule has 8 nitrogen and oxygen atoms in total. The van der Waals surface area contributed by atoms with E-state index in [4.69, 9.17) is 24.5 Å². The standard InChI is InChI=1S/C20H18N2O6/c1-3-25-20(24)18(22-21)19(23)14-8-12(2)4-6-15(14)26-10-13-5-7-16-17(9-13)28-11-27-16/h4-9H,3,10-11H2,1-2H3. The molecule has 0 amide bonds. The number of fused-ring (bicyclic) bond motifs is 1. The van der Waals surface area contributed by atoms with E-state index in [-0.39, 0.29) is 31.3 Å². The molecule has 28 heavy (non-hydrogen) atoms. The quantitative estimate of drug-likeness (QED) is 0.182. The molecule has 0 aromatic heterocycles. The Morgan fingerprint density at radius 2 is 1.93 bits per heavy atom. The minimum absolute atomic E-state index is 0.0480. The van der Waals surface area contributed by atoms with Gasteiger partial charge in [0.05, 0.1) is 12.2 Å². The highest BCUT2D eigenvalue weighted by Crippen LogP contribution is 2.33. The summed E-state index contributed by atoms with van der Waals surface area (Å²) >= 11 is 0. The van der Waals surface area contributed by atoms with Crippen LogP contribution in [0.3, 0.4) is 0 Å². The molecule has 1 aliphatic rings. The Morgan fingerprint density at radius 1 is 1.14 bits per heavy atom. The highest BCUT2D eigenvalue weighted by atomic mass is 16.7. The van der Waals surface area contributed by atoms with E-state index < -0.39 is 17.5 Å². The molecule has 0 aliphatic carbocycles. The number of carbonyl (C=O) groups is 2. The number of benzene rings is 2. The van der Waals surface area contributed by atoms with Gasteiger partial charge in [-0.05, 0) is 43.7 Å². The molecule has 3 rings (SSSR count). The summed E-state index contributed by atoms with van der Waals surface area (Å²) < 4.78 is 21.2. The molecule has 0 saturated heterocycles. The van der Waals surface area contributed by atoms with Gasteiger partial charge in [0.25, 0.3) is 5.78 Å². The maximum Gasteiger partial charge on any atom is 0.446 e. The summed E-state index contributed by atoms with van der Waals surface area (Å²) in [6.07, 6.45) is 0. The summed E-state index contributed by atoms with van der Waals surface area (Å²) in [6, 6.07) is 10.3. The molecule has 0 saturated carbocycles. The predicted molar refractivity (Wildman–Crippen MR) is 97.7 cm³/mol. The first-order chi connectivity index (χ1) is 13.5. The molecular formula is C20H18N2O6. The molecule has 0 atom stereocenters. The second-order valence-corrected chi connectivity index (χ2v) is 5.97. The summed E-state index contributed by atoms with van der Waals surface area (Å²) in [6.45, 7) is 3.76. The van der Waals surface area contributed by atoms with Crippen molar-refractivity contribution in [2.45, 2.75) is 20.5 Å². The van der Waals surface area contributed by atoms with Crippen LogP contribution in [0.25, 0.3) is 5.53 Å². The monoisotopic (exact) mass is 382 g/mol. The first-order valence-electron chi connectivity index (χ1n) is 8.59. The molecule has 0 spiro atoms. The molecule has 0 bridgehead atoms. The third-order valence-electron chi connectivity index (χ3n) is 3.99. The third-order valence-corrected chi connectivity index (χ3v) is 3.99. The van der Waals surface area contributed by atoms with Crippen LogP contribution in [-0.2, 0) is 16.1 Å². The smallest absolute Gasteiger partial charge is 0.446 e. The summed E-state index contributed by atoms with van der Waals surface area (Å²) in [5.74, 6) is -0.256.